The van der Waals surface area contributed by atoms with E-state index in [0.29, 0.717) is 5.56 Å². The number of nitrogens with one attached hydrogen (secondary N) is 1. The maximum atomic E-state index is 13.4. The van der Waals surface area contributed by atoms with Crippen LogP contribution in [0.1, 0.15) is 32.3 Å². The fourth-order valence-corrected chi connectivity index (χ4v) is 2.08. The van der Waals surface area contributed by atoms with Crippen molar-refractivity contribution in [1.29, 1.82) is 0 Å². The van der Waals surface area contributed by atoms with E-state index in [-0.39, 0.29) is 5.82 Å². The first-order valence-corrected chi connectivity index (χ1v) is 6.95. The summed E-state index contributed by atoms with van der Waals surface area (Å²) in [6.07, 6.45) is 7.18. The van der Waals surface area contributed by atoms with Gasteiger partial charge in [0.2, 0.25) is 0 Å². The fourth-order valence-electron chi connectivity index (χ4n) is 2.08. The van der Waals surface area contributed by atoms with Crippen molar-refractivity contribution in [3.05, 3.63) is 36.2 Å². The van der Waals surface area contributed by atoms with Crippen LogP contribution >= 0.6 is 0 Å². The third-order valence-corrected chi connectivity index (χ3v) is 2.97. The molecule has 2 aromatic rings. The lowest BCUT2D eigenvalue weighted by molar-refractivity contribution is 0.622. The van der Waals surface area contributed by atoms with E-state index in [1.54, 1.807) is 6.20 Å². The minimum Gasteiger partial charge on any atom is -0.370 e. The van der Waals surface area contributed by atoms with Gasteiger partial charge in [-0.2, -0.15) is 0 Å². The summed E-state index contributed by atoms with van der Waals surface area (Å²) in [5.41, 5.74) is 2.47. The van der Waals surface area contributed by atoms with Crippen LogP contribution in [0.3, 0.4) is 0 Å². The van der Waals surface area contributed by atoms with Crippen molar-refractivity contribution >= 4 is 5.82 Å². The van der Waals surface area contributed by atoms with Crippen LogP contribution in [-0.4, -0.2) is 21.5 Å². The number of aromatic nitrogens is 3. The van der Waals surface area contributed by atoms with Crippen molar-refractivity contribution in [3.8, 4) is 11.3 Å². The Morgan fingerprint density at radius 1 is 1.15 bits per heavy atom. The van der Waals surface area contributed by atoms with E-state index >= 15 is 0 Å². The zero-order valence-corrected chi connectivity index (χ0v) is 11.9. The molecule has 0 amide bonds. The van der Waals surface area contributed by atoms with Crippen LogP contribution in [0.4, 0.5) is 10.2 Å². The zero-order chi connectivity index (χ0) is 14.4. The third kappa shape index (κ3) is 3.29. The monoisotopic (exact) mass is 274 g/mol. The number of pyridine rings is 1. The van der Waals surface area contributed by atoms with Crippen LogP contribution in [0, 0.1) is 5.82 Å². The molecule has 0 aromatic carbocycles. The van der Waals surface area contributed by atoms with Crippen molar-refractivity contribution in [2.75, 3.05) is 11.9 Å². The Bertz CT molecular complexity index is 572. The van der Waals surface area contributed by atoms with Gasteiger partial charge in [-0.3, -0.25) is 4.98 Å². The predicted octanol–water partition coefficient (Wildman–Crippen LogP) is 3.45. The Morgan fingerprint density at radius 3 is 2.70 bits per heavy atom. The Balaban J connectivity index is 2.45. The molecule has 4 nitrogen and oxygen atoms in total. The van der Waals surface area contributed by atoms with Crippen molar-refractivity contribution in [1.82, 2.24) is 15.0 Å². The number of rotatable bonds is 6. The van der Waals surface area contributed by atoms with Crippen LogP contribution in [0.15, 0.2) is 24.8 Å². The van der Waals surface area contributed by atoms with Crippen molar-refractivity contribution < 1.29 is 4.39 Å². The second kappa shape index (κ2) is 6.93. The summed E-state index contributed by atoms with van der Waals surface area (Å²) in [6.45, 7) is 5.06. The average molecular weight is 274 g/mol. The van der Waals surface area contributed by atoms with Gasteiger partial charge in [0.1, 0.15) is 18.0 Å². The van der Waals surface area contributed by atoms with E-state index in [9.17, 15) is 4.39 Å². The Kier molecular flexibility index (Phi) is 4.98. The highest BCUT2D eigenvalue weighted by Crippen LogP contribution is 2.26. The molecule has 106 valence electrons. The van der Waals surface area contributed by atoms with Crippen LogP contribution in [0.25, 0.3) is 11.3 Å². The molecule has 0 atom stereocenters. The Morgan fingerprint density at radius 2 is 2.00 bits per heavy atom. The van der Waals surface area contributed by atoms with E-state index in [2.05, 4.69) is 34.1 Å². The van der Waals surface area contributed by atoms with E-state index in [1.165, 1.54) is 18.6 Å². The molecule has 0 saturated carbocycles. The zero-order valence-electron chi connectivity index (χ0n) is 11.9. The first-order chi connectivity index (χ1) is 9.76. The summed E-state index contributed by atoms with van der Waals surface area (Å²) in [4.78, 5) is 12.5. The van der Waals surface area contributed by atoms with E-state index < -0.39 is 0 Å². The number of hydrogen-bond donors (Lipinski definition) is 1. The van der Waals surface area contributed by atoms with Gasteiger partial charge in [0.05, 0.1) is 11.9 Å². The smallest absolute Gasteiger partial charge is 0.142 e. The lowest BCUT2D eigenvalue weighted by Crippen LogP contribution is -2.08. The summed E-state index contributed by atoms with van der Waals surface area (Å²) in [7, 11) is 0. The van der Waals surface area contributed by atoms with E-state index in [4.69, 9.17) is 0 Å². The highest BCUT2D eigenvalue weighted by atomic mass is 19.1. The topological polar surface area (TPSA) is 50.7 Å². The van der Waals surface area contributed by atoms with Crippen LogP contribution in [-0.2, 0) is 6.42 Å². The molecular weight excluding hydrogens is 255 g/mol. The van der Waals surface area contributed by atoms with Crippen molar-refractivity contribution in [2.45, 2.75) is 33.1 Å². The minimum absolute atomic E-state index is 0.355. The maximum Gasteiger partial charge on any atom is 0.142 e. The summed E-state index contributed by atoms with van der Waals surface area (Å²) >= 11 is 0. The molecule has 0 radical (unpaired) electrons. The normalized spacial score (nSPS) is 10.6. The van der Waals surface area contributed by atoms with Gasteiger partial charge in [-0.15, -0.1) is 0 Å². The SMILES string of the molecule is CCCNc1ncnc(-c2cncc(F)c2)c1CCC. The predicted molar refractivity (Wildman–Crippen MR) is 78.0 cm³/mol. The molecule has 0 saturated heterocycles. The van der Waals surface area contributed by atoms with Crippen LogP contribution in [0.2, 0.25) is 0 Å². The molecule has 2 heterocycles. The van der Waals surface area contributed by atoms with Crippen LogP contribution in [0.5, 0.6) is 0 Å². The molecule has 5 heteroatoms. The second-order valence-electron chi connectivity index (χ2n) is 4.62. The molecular formula is C15H19FN4. The molecule has 0 unspecified atom stereocenters. The minimum atomic E-state index is -0.355. The molecule has 0 fully saturated rings. The summed E-state index contributed by atoms with van der Waals surface area (Å²) in [6, 6.07) is 1.46. The largest absolute Gasteiger partial charge is 0.370 e. The lowest BCUT2D eigenvalue weighted by atomic mass is 10.0. The molecule has 1 N–H and O–H groups in total. The molecule has 20 heavy (non-hydrogen) atoms. The van der Waals surface area contributed by atoms with Crippen LogP contribution < -0.4 is 5.32 Å². The highest BCUT2D eigenvalue weighted by molar-refractivity contribution is 5.67. The summed E-state index contributed by atoms with van der Waals surface area (Å²) < 4.78 is 13.4. The van der Waals surface area contributed by atoms with E-state index in [0.717, 1.165) is 42.9 Å². The molecule has 0 bridgehead atoms. The number of nitrogens with zero attached hydrogens (tertiary/aromatic N) is 3. The number of hydrogen-bond acceptors (Lipinski definition) is 4. The van der Waals surface area contributed by atoms with Gasteiger partial charge in [0, 0.05) is 23.9 Å². The van der Waals surface area contributed by atoms with E-state index in [1.807, 2.05) is 0 Å². The molecule has 0 aliphatic rings. The third-order valence-electron chi connectivity index (χ3n) is 2.97. The highest BCUT2D eigenvalue weighted by Gasteiger charge is 2.13. The van der Waals surface area contributed by atoms with Gasteiger partial charge < -0.3 is 5.32 Å². The molecule has 2 rings (SSSR count). The molecule has 2 aromatic heterocycles. The fraction of sp³-hybridized carbons (Fsp3) is 0.400. The first-order valence-electron chi connectivity index (χ1n) is 6.95. The van der Waals surface area contributed by atoms with Gasteiger partial charge in [-0.1, -0.05) is 20.3 Å². The maximum absolute atomic E-state index is 13.4. The van der Waals surface area contributed by atoms with Gasteiger partial charge in [-0.25, -0.2) is 14.4 Å². The Labute approximate surface area is 118 Å². The van der Waals surface area contributed by atoms with Gasteiger partial charge in [0.15, 0.2) is 0 Å². The van der Waals surface area contributed by atoms with Crippen molar-refractivity contribution in [3.63, 3.8) is 0 Å². The Hall–Kier alpha value is -2.04. The number of halogens is 1. The van der Waals surface area contributed by atoms with Gasteiger partial charge in [0.25, 0.3) is 0 Å². The van der Waals surface area contributed by atoms with Gasteiger partial charge >= 0.3 is 0 Å². The standard InChI is InChI=1S/C15H19FN4/c1-3-5-13-14(11-7-12(16)9-17-8-11)19-10-20-15(13)18-6-4-2/h7-10H,3-6H2,1-2H3,(H,18,19,20). The number of anilines is 1. The quantitative estimate of drug-likeness (QED) is 0.876. The van der Waals surface area contributed by atoms with Gasteiger partial charge in [-0.05, 0) is 18.9 Å². The summed E-state index contributed by atoms with van der Waals surface area (Å²) in [5.74, 6) is 0.481. The first kappa shape index (κ1) is 14.4. The second-order valence-corrected chi connectivity index (χ2v) is 4.62. The molecule has 0 aliphatic carbocycles. The average Bonchev–Trinajstić information content (AvgIpc) is 2.46. The van der Waals surface area contributed by atoms with Crippen molar-refractivity contribution in [2.24, 2.45) is 0 Å². The lowest BCUT2D eigenvalue weighted by Gasteiger charge is -2.13. The summed E-state index contributed by atoms with van der Waals surface area (Å²) in [5, 5.41) is 3.31. The molecule has 0 spiro atoms. The molecule has 0 aliphatic heterocycles.